The second-order valence-corrected chi connectivity index (χ2v) is 10.6. The van der Waals surface area contributed by atoms with Crippen molar-refractivity contribution >= 4 is 40.7 Å². The number of rotatable bonds is 5. The van der Waals surface area contributed by atoms with E-state index in [1.54, 1.807) is 7.11 Å². The lowest BCUT2D eigenvalue weighted by molar-refractivity contribution is 0.186. The van der Waals surface area contributed by atoms with Crippen LogP contribution in [-0.2, 0) is 0 Å². The number of halogens is 1. The molecule has 4 amide bonds. The fraction of sp³-hybridized carbons (Fsp3) is 0.500. The topological polar surface area (TPSA) is 85.9 Å². The monoisotopic (exact) mass is 527 g/mol. The van der Waals surface area contributed by atoms with Crippen LogP contribution >= 0.6 is 11.6 Å². The summed E-state index contributed by atoms with van der Waals surface area (Å²) < 4.78 is 5.33. The molecule has 8 nitrogen and oxygen atoms in total. The van der Waals surface area contributed by atoms with Crippen LogP contribution in [0.2, 0.25) is 0 Å². The lowest BCUT2D eigenvalue weighted by Gasteiger charge is -2.35. The standard InChI is InChI=1S/C28H38ClN5O3/c1-19-8-13-25(37-3)24(18-19)31-27(35)30-21-9-11-22(12-10-21)33-14-5-15-34(17-16-33)28(36)32-26-20(2)6-4-7-23(26)29/h8-13,18,20,23,26H,4-7,14-17H2,1-3H3,(H,32,36)(H2,30,31,35). The Labute approximate surface area is 224 Å². The average molecular weight is 528 g/mol. The van der Waals surface area contributed by atoms with Crippen molar-refractivity contribution in [3.8, 4) is 5.75 Å². The lowest BCUT2D eigenvalue weighted by Crippen LogP contribution is -2.52. The van der Waals surface area contributed by atoms with Gasteiger partial charge in [-0.05, 0) is 74.1 Å². The number of ether oxygens (including phenoxy) is 1. The third-order valence-electron chi connectivity index (χ3n) is 7.31. The minimum absolute atomic E-state index is 0.00391. The summed E-state index contributed by atoms with van der Waals surface area (Å²) in [7, 11) is 1.58. The molecule has 0 radical (unpaired) electrons. The fourth-order valence-corrected chi connectivity index (χ4v) is 5.62. The molecule has 1 saturated carbocycles. The van der Waals surface area contributed by atoms with Crippen LogP contribution in [0.1, 0.15) is 38.2 Å². The molecule has 200 valence electrons. The van der Waals surface area contributed by atoms with Gasteiger partial charge in [0.05, 0.1) is 18.2 Å². The van der Waals surface area contributed by atoms with Gasteiger partial charge in [0.2, 0.25) is 0 Å². The van der Waals surface area contributed by atoms with Crippen molar-refractivity contribution in [2.24, 2.45) is 5.92 Å². The minimum atomic E-state index is -0.334. The van der Waals surface area contributed by atoms with Gasteiger partial charge in [0, 0.05) is 43.6 Å². The molecule has 0 bridgehead atoms. The van der Waals surface area contributed by atoms with Crippen LogP contribution in [0, 0.1) is 12.8 Å². The number of urea groups is 2. The first kappa shape index (κ1) is 26.9. The highest BCUT2D eigenvalue weighted by Gasteiger charge is 2.32. The van der Waals surface area contributed by atoms with E-state index in [4.69, 9.17) is 16.3 Å². The van der Waals surface area contributed by atoms with Crippen molar-refractivity contribution in [2.75, 3.05) is 48.8 Å². The molecule has 0 spiro atoms. The van der Waals surface area contributed by atoms with Gasteiger partial charge < -0.3 is 30.5 Å². The zero-order valence-electron chi connectivity index (χ0n) is 21.9. The van der Waals surface area contributed by atoms with Gasteiger partial charge in [-0.15, -0.1) is 11.6 Å². The third kappa shape index (κ3) is 7.01. The number of hydrogen-bond donors (Lipinski definition) is 3. The molecule has 1 aliphatic carbocycles. The van der Waals surface area contributed by atoms with E-state index in [1.807, 2.05) is 54.3 Å². The maximum Gasteiger partial charge on any atom is 0.323 e. The Hall–Kier alpha value is -3.13. The molecule has 9 heteroatoms. The molecule has 1 heterocycles. The van der Waals surface area contributed by atoms with Gasteiger partial charge in [-0.2, -0.15) is 0 Å². The van der Waals surface area contributed by atoms with E-state index >= 15 is 0 Å². The Kier molecular flexibility index (Phi) is 9.03. The summed E-state index contributed by atoms with van der Waals surface area (Å²) in [5.74, 6) is 1.01. The number of nitrogens with zero attached hydrogens (tertiary/aromatic N) is 2. The molecule has 1 aliphatic heterocycles. The quantitative estimate of drug-likeness (QED) is 0.438. The summed E-state index contributed by atoms with van der Waals surface area (Å²) in [6.45, 7) is 7.12. The van der Waals surface area contributed by atoms with Gasteiger partial charge in [0.25, 0.3) is 0 Å². The molecule has 37 heavy (non-hydrogen) atoms. The molecule has 0 aromatic heterocycles. The number of hydrogen-bond acceptors (Lipinski definition) is 4. The van der Waals surface area contributed by atoms with E-state index in [1.165, 1.54) is 0 Å². The number of alkyl halides is 1. The van der Waals surface area contributed by atoms with Crippen LogP contribution in [0.5, 0.6) is 5.75 Å². The summed E-state index contributed by atoms with van der Waals surface area (Å²) in [4.78, 5) is 29.7. The molecule has 2 aliphatic rings. The van der Waals surface area contributed by atoms with Crippen LogP contribution in [0.15, 0.2) is 42.5 Å². The predicted molar refractivity (Wildman–Crippen MR) is 150 cm³/mol. The van der Waals surface area contributed by atoms with Crippen molar-refractivity contribution in [2.45, 2.75) is 50.9 Å². The molecule has 2 aromatic rings. The zero-order valence-corrected chi connectivity index (χ0v) is 22.7. The molecule has 3 atom stereocenters. The van der Waals surface area contributed by atoms with E-state index in [2.05, 4.69) is 27.8 Å². The van der Waals surface area contributed by atoms with Crippen LogP contribution in [0.25, 0.3) is 0 Å². The average Bonchev–Trinajstić information content (AvgIpc) is 3.13. The van der Waals surface area contributed by atoms with Crippen LogP contribution in [0.3, 0.4) is 0 Å². The third-order valence-corrected chi connectivity index (χ3v) is 7.80. The van der Waals surface area contributed by atoms with Gasteiger partial charge >= 0.3 is 12.1 Å². The Balaban J connectivity index is 1.29. The Morgan fingerprint density at radius 1 is 0.973 bits per heavy atom. The van der Waals surface area contributed by atoms with Gasteiger partial charge in [-0.1, -0.05) is 19.4 Å². The predicted octanol–water partition coefficient (Wildman–Crippen LogP) is 5.67. The maximum atomic E-state index is 13.0. The van der Waals surface area contributed by atoms with Crippen molar-refractivity contribution in [3.05, 3.63) is 48.0 Å². The normalized spacial score (nSPS) is 22.1. The molecule has 3 N–H and O–H groups in total. The van der Waals surface area contributed by atoms with E-state index in [0.717, 1.165) is 56.6 Å². The zero-order chi connectivity index (χ0) is 26.4. The summed E-state index contributed by atoms with van der Waals surface area (Å²) >= 11 is 6.52. The molecule has 2 fully saturated rings. The highest BCUT2D eigenvalue weighted by atomic mass is 35.5. The maximum absolute atomic E-state index is 13.0. The van der Waals surface area contributed by atoms with Gasteiger partial charge in [0.15, 0.2) is 0 Å². The molecule has 2 aromatic carbocycles. The number of amides is 4. The van der Waals surface area contributed by atoms with Gasteiger partial charge in [-0.25, -0.2) is 9.59 Å². The van der Waals surface area contributed by atoms with Crippen molar-refractivity contribution in [1.29, 1.82) is 0 Å². The molecular formula is C28H38ClN5O3. The highest BCUT2D eigenvalue weighted by Crippen LogP contribution is 2.29. The number of aryl methyl sites for hydroxylation is 1. The lowest BCUT2D eigenvalue weighted by atomic mass is 9.85. The van der Waals surface area contributed by atoms with E-state index in [9.17, 15) is 9.59 Å². The number of methoxy groups -OCH3 is 1. The fourth-order valence-electron chi connectivity index (χ4n) is 5.16. The molecular weight excluding hydrogens is 490 g/mol. The van der Waals surface area contributed by atoms with Crippen molar-refractivity contribution in [3.63, 3.8) is 0 Å². The van der Waals surface area contributed by atoms with Crippen LogP contribution in [0.4, 0.5) is 26.7 Å². The number of benzene rings is 2. The van der Waals surface area contributed by atoms with E-state index in [-0.39, 0.29) is 23.5 Å². The number of carbonyl (C=O) groups is 2. The smallest absolute Gasteiger partial charge is 0.323 e. The summed E-state index contributed by atoms with van der Waals surface area (Å²) in [6, 6.07) is 13.1. The molecule has 4 rings (SSSR count). The van der Waals surface area contributed by atoms with Crippen LogP contribution in [-0.4, -0.2) is 61.7 Å². The highest BCUT2D eigenvalue weighted by molar-refractivity contribution is 6.21. The Morgan fingerprint density at radius 2 is 1.76 bits per heavy atom. The number of carbonyl (C=O) groups excluding carboxylic acids is 2. The SMILES string of the molecule is COc1ccc(C)cc1NC(=O)Nc1ccc(N2CCCN(C(=O)NC3C(C)CCCC3Cl)CC2)cc1. The first-order valence-corrected chi connectivity index (χ1v) is 13.5. The largest absolute Gasteiger partial charge is 0.495 e. The second kappa shape index (κ2) is 12.4. The first-order chi connectivity index (χ1) is 17.8. The summed E-state index contributed by atoms with van der Waals surface area (Å²) in [5.41, 5.74) is 3.41. The number of anilines is 3. The van der Waals surface area contributed by atoms with Crippen molar-refractivity contribution in [1.82, 2.24) is 10.2 Å². The van der Waals surface area contributed by atoms with Gasteiger partial charge in [0.1, 0.15) is 5.75 Å². The molecule has 3 unspecified atom stereocenters. The Bertz CT molecular complexity index is 1070. The van der Waals surface area contributed by atoms with E-state index < -0.39 is 0 Å². The first-order valence-electron chi connectivity index (χ1n) is 13.1. The van der Waals surface area contributed by atoms with E-state index in [0.29, 0.717) is 29.6 Å². The van der Waals surface area contributed by atoms with Crippen LogP contribution < -0.4 is 25.6 Å². The summed E-state index contributed by atoms with van der Waals surface area (Å²) in [5, 5.41) is 8.94. The second-order valence-electron chi connectivity index (χ2n) is 10.1. The molecule has 1 saturated heterocycles. The number of nitrogens with one attached hydrogen (secondary N) is 3. The summed E-state index contributed by atoms with van der Waals surface area (Å²) in [6.07, 6.45) is 4.07. The Morgan fingerprint density at radius 3 is 2.49 bits per heavy atom. The van der Waals surface area contributed by atoms with Crippen molar-refractivity contribution < 1.29 is 14.3 Å². The van der Waals surface area contributed by atoms with Gasteiger partial charge in [-0.3, -0.25) is 0 Å². The minimum Gasteiger partial charge on any atom is -0.495 e.